The van der Waals surface area contributed by atoms with Crippen molar-refractivity contribution in [2.45, 2.75) is 32.1 Å². The van der Waals surface area contributed by atoms with Gasteiger partial charge in [-0.3, -0.25) is 0 Å². The van der Waals surface area contributed by atoms with Crippen molar-refractivity contribution in [3.63, 3.8) is 0 Å². The monoisotopic (exact) mass is 415 g/mol. The highest BCUT2D eigenvalue weighted by atomic mass is 35.5. The van der Waals surface area contributed by atoms with Gasteiger partial charge in [-0.25, -0.2) is 4.68 Å². The predicted octanol–water partition coefficient (Wildman–Crippen LogP) is 5.72. The van der Waals surface area contributed by atoms with Crippen molar-refractivity contribution in [2.24, 2.45) is 0 Å². The molecule has 28 heavy (non-hydrogen) atoms. The van der Waals surface area contributed by atoms with E-state index in [9.17, 15) is 0 Å². The number of nitrogens with zero attached hydrogens (tertiary/aromatic N) is 2. The summed E-state index contributed by atoms with van der Waals surface area (Å²) in [6, 6.07) is 13.7. The van der Waals surface area contributed by atoms with Crippen LogP contribution in [0.1, 0.15) is 29.7 Å². The number of fused-ring (bicyclic) bond motifs is 1. The van der Waals surface area contributed by atoms with Gasteiger partial charge in [0.05, 0.1) is 23.5 Å². The summed E-state index contributed by atoms with van der Waals surface area (Å²) in [6.45, 7) is 0.939. The summed E-state index contributed by atoms with van der Waals surface area (Å²) in [5.74, 6) is 1.92. The summed E-state index contributed by atoms with van der Waals surface area (Å²) in [7, 11) is 1.69. The van der Waals surface area contributed by atoms with Crippen LogP contribution >= 0.6 is 23.2 Å². The summed E-state index contributed by atoms with van der Waals surface area (Å²) < 4.78 is 7.17. The Hall–Kier alpha value is -2.17. The Morgan fingerprint density at radius 1 is 1.07 bits per heavy atom. The maximum Gasteiger partial charge on any atom is 0.133 e. The van der Waals surface area contributed by atoms with Gasteiger partial charge in [0.15, 0.2) is 0 Å². The number of halogens is 2. The first kappa shape index (κ1) is 19.2. The Morgan fingerprint density at radius 2 is 1.89 bits per heavy atom. The predicted molar refractivity (Wildman–Crippen MR) is 115 cm³/mol. The van der Waals surface area contributed by atoms with Crippen molar-refractivity contribution in [3.8, 4) is 11.4 Å². The molecular weight excluding hydrogens is 393 g/mol. The second-order valence-corrected chi connectivity index (χ2v) is 7.86. The molecule has 2 aromatic carbocycles. The molecule has 0 atom stereocenters. The minimum Gasteiger partial charge on any atom is -0.497 e. The third kappa shape index (κ3) is 3.98. The van der Waals surface area contributed by atoms with Crippen molar-refractivity contribution in [3.05, 3.63) is 69.3 Å². The van der Waals surface area contributed by atoms with Crippen molar-refractivity contribution in [1.29, 1.82) is 0 Å². The lowest BCUT2D eigenvalue weighted by molar-refractivity contribution is 0.414. The third-order valence-corrected chi connectivity index (χ3v) is 5.71. The smallest absolute Gasteiger partial charge is 0.133 e. The number of methoxy groups -OCH3 is 1. The maximum absolute atomic E-state index is 6.47. The Morgan fingerprint density at radius 3 is 2.68 bits per heavy atom. The number of hydrogen-bond acceptors (Lipinski definition) is 3. The largest absolute Gasteiger partial charge is 0.497 e. The van der Waals surface area contributed by atoms with E-state index in [1.54, 1.807) is 13.2 Å². The van der Waals surface area contributed by atoms with E-state index in [2.05, 4.69) is 17.4 Å². The van der Waals surface area contributed by atoms with Gasteiger partial charge in [0.25, 0.3) is 0 Å². The van der Waals surface area contributed by atoms with Gasteiger partial charge < -0.3 is 10.1 Å². The molecule has 1 N–H and O–H groups in total. The number of hydrogen-bond donors (Lipinski definition) is 1. The van der Waals surface area contributed by atoms with Crippen LogP contribution in [0.3, 0.4) is 0 Å². The molecule has 6 heteroatoms. The molecule has 1 aromatic heterocycles. The fraction of sp³-hybridized carbons (Fsp3) is 0.318. The quantitative estimate of drug-likeness (QED) is 0.578. The van der Waals surface area contributed by atoms with Crippen LogP contribution < -0.4 is 10.1 Å². The normalized spacial score (nSPS) is 13.5. The number of aromatic nitrogens is 2. The highest BCUT2D eigenvalue weighted by molar-refractivity contribution is 6.34. The van der Waals surface area contributed by atoms with E-state index in [1.807, 2.05) is 28.9 Å². The van der Waals surface area contributed by atoms with Gasteiger partial charge in [-0.1, -0.05) is 35.3 Å². The lowest BCUT2D eigenvalue weighted by Crippen LogP contribution is -2.07. The van der Waals surface area contributed by atoms with Crippen LogP contribution in [0, 0.1) is 0 Å². The molecule has 0 unspecified atom stereocenters. The van der Waals surface area contributed by atoms with Crippen LogP contribution in [0.4, 0.5) is 5.82 Å². The van der Waals surface area contributed by atoms with Crippen molar-refractivity contribution in [1.82, 2.24) is 9.78 Å². The number of nitrogens with one attached hydrogen (secondary N) is 1. The minimum absolute atomic E-state index is 0.641. The fourth-order valence-electron chi connectivity index (χ4n) is 3.65. The zero-order valence-corrected chi connectivity index (χ0v) is 17.4. The Bertz CT molecular complexity index is 967. The lowest BCUT2D eigenvalue weighted by atomic mass is 10.0. The summed E-state index contributed by atoms with van der Waals surface area (Å²) in [6.07, 6.45) is 5.14. The van der Waals surface area contributed by atoms with Gasteiger partial charge in [-0.2, -0.15) is 5.10 Å². The highest BCUT2D eigenvalue weighted by Crippen LogP contribution is 2.32. The molecule has 0 bridgehead atoms. The van der Waals surface area contributed by atoms with Gasteiger partial charge >= 0.3 is 0 Å². The maximum atomic E-state index is 6.47. The van der Waals surface area contributed by atoms with E-state index in [-0.39, 0.29) is 0 Å². The van der Waals surface area contributed by atoms with Crippen molar-refractivity contribution in [2.75, 3.05) is 19.0 Å². The molecule has 0 amide bonds. The van der Waals surface area contributed by atoms with E-state index < -0.39 is 0 Å². The summed E-state index contributed by atoms with van der Waals surface area (Å²) >= 11 is 12.7. The van der Waals surface area contributed by atoms with E-state index in [4.69, 9.17) is 33.0 Å². The van der Waals surface area contributed by atoms with Crippen LogP contribution in [-0.2, 0) is 19.3 Å². The number of anilines is 1. The Labute approximate surface area is 175 Å². The first-order valence-electron chi connectivity index (χ1n) is 9.58. The topological polar surface area (TPSA) is 39.1 Å². The van der Waals surface area contributed by atoms with Crippen LogP contribution in [0.25, 0.3) is 5.69 Å². The molecule has 0 fully saturated rings. The molecule has 2 heterocycles. The van der Waals surface area contributed by atoms with E-state index >= 15 is 0 Å². The molecule has 0 saturated heterocycles. The number of rotatable bonds is 5. The average Bonchev–Trinajstić information content (AvgIpc) is 2.88. The zero-order chi connectivity index (χ0) is 19.5. The highest BCUT2D eigenvalue weighted by Gasteiger charge is 2.21. The van der Waals surface area contributed by atoms with Gasteiger partial charge in [-0.05, 0) is 68.0 Å². The molecule has 146 valence electrons. The first-order chi connectivity index (χ1) is 13.7. The molecule has 0 radical (unpaired) electrons. The summed E-state index contributed by atoms with van der Waals surface area (Å²) in [5.41, 5.74) is 4.50. The number of benzene rings is 2. The molecule has 0 spiro atoms. The zero-order valence-electron chi connectivity index (χ0n) is 15.8. The van der Waals surface area contributed by atoms with Crippen LogP contribution in [0.15, 0.2) is 42.5 Å². The molecule has 0 saturated carbocycles. The molecule has 1 aliphatic heterocycles. The Kier molecular flexibility index (Phi) is 5.79. The lowest BCUT2D eigenvalue weighted by Gasteiger charge is -2.11. The third-order valence-electron chi connectivity index (χ3n) is 5.16. The summed E-state index contributed by atoms with van der Waals surface area (Å²) in [4.78, 5) is 0. The van der Waals surface area contributed by atoms with Crippen molar-refractivity contribution < 1.29 is 4.74 Å². The molecule has 4 nitrogen and oxygen atoms in total. The second kappa shape index (κ2) is 8.46. The SMILES string of the molecule is COc1ccc(CCc2nn(-c3cc(Cl)ccc3Cl)c3c2CCCCN3)cc1. The molecule has 0 aliphatic carbocycles. The second-order valence-electron chi connectivity index (χ2n) is 7.01. The van der Waals surface area contributed by atoms with Gasteiger partial charge in [-0.15, -0.1) is 0 Å². The molecular formula is C22H23Cl2N3O. The van der Waals surface area contributed by atoms with Gasteiger partial charge in [0, 0.05) is 17.1 Å². The van der Waals surface area contributed by atoms with E-state index in [1.165, 1.54) is 11.1 Å². The standard InChI is InChI=1S/C22H23Cl2N3O/c1-28-17-9-5-15(6-10-17)7-12-20-18-4-2-3-13-25-22(18)27(26-20)21-14-16(23)8-11-19(21)24/h5-6,8-11,14,25H,2-4,7,12-13H2,1H3. The van der Waals surface area contributed by atoms with Crippen molar-refractivity contribution >= 4 is 29.0 Å². The number of ether oxygens (including phenoxy) is 1. The van der Waals surface area contributed by atoms with Crippen LogP contribution in [0.2, 0.25) is 10.0 Å². The average molecular weight is 416 g/mol. The fourth-order valence-corrected chi connectivity index (χ4v) is 4.02. The first-order valence-corrected chi connectivity index (χ1v) is 10.3. The summed E-state index contributed by atoms with van der Waals surface area (Å²) in [5, 5.41) is 9.79. The van der Waals surface area contributed by atoms with Gasteiger partial charge in [0.1, 0.15) is 11.6 Å². The molecule has 4 rings (SSSR count). The minimum atomic E-state index is 0.641. The van der Waals surface area contributed by atoms with E-state index in [0.29, 0.717) is 10.0 Å². The molecule has 3 aromatic rings. The molecule has 1 aliphatic rings. The number of aryl methyl sites for hydroxylation is 2. The Balaban J connectivity index is 1.67. The van der Waals surface area contributed by atoms with E-state index in [0.717, 1.165) is 61.6 Å². The van der Waals surface area contributed by atoms with Gasteiger partial charge in [0.2, 0.25) is 0 Å². The van der Waals surface area contributed by atoms with Crippen LogP contribution in [0.5, 0.6) is 5.75 Å². The van der Waals surface area contributed by atoms with Crippen LogP contribution in [-0.4, -0.2) is 23.4 Å².